The van der Waals surface area contributed by atoms with E-state index in [1.54, 1.807) is 0 Å². The molecule has 0 aromatic carbocycles. The van der Waals surface area contributed by atoms with Crippen LogP contribution in [0.4, 0.5) is 8.78 Å². The van der Waals surface area contributed by atoms with Crippen molar-refractivity contribution in [2.45, 2.75) is 261 Å². The normalized spacial score (nSPS) is 15.3. The highest BCUT2D eigenvalue weighted by atomic mass is 28.4. The molecule has 0 aromatic rings. The second-order valence-electron chi connectivity index (χ2n) is 21.5. The summed E-state index contributed by atoms with van der Waals surface area (Å²) in [4.78, 5) is 0. The molecular weight excluding hydrogens is 719 g/mol. The Hall–Kier alpha value is 0.0538. The van der Waals surface area contributed by atoms with Crippen LogP contribution in [-0.2, 0) is 27.8 Å². The zero-order valence-electron chi connectivity index (χ0n) is 41.2. The van der Waals surface area contributed by atoms with Crippen LogP contribution in [0.15, 0.2) is 0 Å². The lowest BCUT2D eigenvalue weighted by Gasteiger charge is -2.39. The smallest absolute Gasteiger partial charge is 0.192 e. The summed E-state index contributed by atoms with van der Waals surface area (Å²) in [5.41, 5.74) is -0.516. The predicted octanol–water partition coefficient (Wildman–Crippen LogP) is 14.3. The highest BCUT2D eigenvalue weighted by Crippen LogP contribution is 2.38. The summed E-state index contributed by atoms with van der Waals surface area (Å²) in [6.45, 7) is 55.0. The molecule has 0 saturated heterocycles. The third-order valence-corrected chi connectivity index (χ3v) is 18.2. The van der Waals surface area contributed by atoms with Gasteiger partial charge in [0.05, 0.1) is 60.0 Å². The van der Waals surface area contributed by atoms with Gasteiger partial charge in [-0.3, -0.25) is 0 Å². The number of hydrogen-bond donors (Lipinski definition) is 0. The summed E-state index contributed by atoms with van der Waals surface area (Å²) < 4.78 is 59.9. The van der Waals surface area contributed by atoms with Gasteiger partial charge < -0.3 is 27.8 Å². The van der Waals surface area contributed by atoms with E-state index in [4.69, 9.17) is 27.8 Å². The first-order valence-corrected chi connectivity index (χ1v) is 26.7. The van der Waals surface area contributed by atoms with Gasteiger partial charge in [0.1, 0.15) is 13.3 Å². The van der Waals surface area contributed by atoms with Gasteiger partial charge in [-0.1, -0.05) is 69.2 Å². The van der Waals surface area contributed by atoms with E-state index in [9.17, 15) is 8.78 Å². The monoisotopic (exact) mass is 817 g/mol. The Morgan fingerprint density at radius 2 is 0.648 bits per heavy atom. The van der Waals surface area contributed by atoms with E-state index < -0.39 is 29.4 Å². The van der Waals surface area contributed by atoms with Crippen molar-refractivity contribution in [3.63, 3.8) is 0 Å². The fourth-order valence-electron chi connectivity index (χ4n) is 3.90. The van der Waals surface area contributed by atoms with E-state index in [0.717, 1.165) is 25.7 Å². The first kappa shape index (κ1) is 60.7. The van der Waals surface area contributed by atoms with Crippen molar-refractivity contribution in [2.75, 3.05) is 26.6 Å². The largest absolute Gasteiger partial charge is 0.412 e. The molecule has 0 spiro atoms. The maximum Gasteiger partial charge on any atom is 0.192 e. The minimum Gasteiger partial charge on any atom is -0.412 e. The molecule has 0 radical (unpaired) electrons. The van der Waals surface area contributed by atoms with Gasteiger partial charge in [0.25, 0.3) is 0 Å². The van der Waals surface area contributed by atoms with Crippen LogP contribution in [0, 0.1) is 0 Å². The molecule has 0 aromatic heterocycles. The molecule has 0 aliphatic carbocycles. The highest BCUT2D eigenvalue weighted by molar-refractivity contribution is 6.74. The molecular formula is C44H98F2O6Si2. The summed E-state index contributed by atoms with van der Waals surface area (Å²) in [6.07, 6.45) is 4.02. The molecule has 0 heterocycles. The van der Waals surface area contributed by atoms with E-state index in [1.165, 1.54) is 0 Å². The summed E-state index contributed by atoms with van der Waals surface area (Å²) in [6, 6.07) is 0. The summed E-state index contributed by atoms with van der Waals surface area (Å²) in [5.74, 6) is 0. The molecule has 6 nitrogen and oxygen atoms in total. The highest BCUT2D eigenvalue weighted by Gasteiger charge is 2.40. The molecule has 3 atom stereocenters. The molecule has 0 rings (SSSR count). The quantitative estimate of drug-likeness (QED) is 0.145. The van der Waals surface area contributed by atoms with Crippen molar-refractivity contribution in [1.82, 2.24) is 0 Å². The van der Waals surface area contributed by atoms with Crippen molar-refractivity contribution in [3.05, 3.63) is 0 Å². The van der Waals surface area contributed by atoms with E-state index in [0.29, 0.717) is 19.3 Å². The number of alkyl halides is 2. The summed E-state index contributed by atoms with van der Waals surface area (Å²) >= 11 is 0. The standard InChI is InChI=1S/C14H32O2Si.C13H29FO2Si.C9H20O.C8H17FO/c1-10-12(11-15-13(2,3)4)16-17(8,9)14(5,6)7;1-12(2,3)15-10-11(9-14)16-17(7,8)13(4,5)6;1-6-8(7-2)10-9(3,4)5;1-5-7(6-9)10-8(2,3)4/h12H,10-11H2,1-9H3;11H,9-10H2,1-8H3;8H,6-7H2,1-5H3;7H,5-6H2,1-4H3/t12-;11-;;7-/m11.1/s1. The second kappa shape index (κ2) is 26.2. The van der Waals surface area contributed by atoms with Crippen LogP contribution in [0.5, 0.6) is 0 Å². The molecule has 0 bridgehead atoms. The lowest BCUT2D eigenvalue weighted by Crippen LogP contribution is -2.46. The Morgan fingerprint density at radius 3 is 0.833 bits per heavy atom. The van der Waals surface area contributed by atoms with E-state index in [-0.39, 0.29) is 51.4 Å². The Bertz CT molecular complexity index is 823. The maximum atomic E-state index is 13.0. The SMILES string of the molecule is CC(C)(C)OC[C@@H](CF)O[Si](C)(C)C(C)(C)C.CCC(CC)OC(C)(C)C.CC[C@H](CF)OC(C)(C)C.CC[C@H](COC(C)(C)C)O[Si](C)(C)C(C)(C)C. The number of hydrogen-bond acceptors (Lipinski definition) is 6. The van der Waals surface area contributed by atoms with Gasteiger partial charge >= 0.3 is 0 Å². The fraction of sp³-hybridized carbons (Fsp3) is 1.00. The molecule has 0 aliphatic heterocycles. The number of ether oxygens (including phenoxy) is 4. The lowest BCUT2D eigenvalue weighted by atomic mass is 10.1. The third-order valence-electron chi connectivity index (χ3n) is 9.15. The molecule has 0 saturated carbocycles. The van der Waals surface area contributed by atoms with Gasteiger partial charge in [-0.2, -0.15) is 0 Å². The molecule has 0 N–H and O–H groups in total. The maximum absolute atomic E-state index is 13.0. The van der Waals surface area contributed by atoms with Gasteiger partial charge in [0, 0.05) is 0 Å². The number of halogens is 2. The molecule has 332 valence electrons. The van der Waals surface area contributed by atoms with E-state index in [1.807, 2.05) is 48.5 Å². The first-order valence-electron chi connectivity index (χ1n) is 20.9. The minimum absolute atomic E-state index is 0.0245. The minimum atomic E-state index is -1.91. The Balaban J connectivity index is -0.000000318. The van der Waals surface area contributed by atoms with Crippen LogP contribution in [0.25, 0.3) is 0 Å². The molecule has 0 aliphatic rings. The van der Waals surface area contributed by atoms with Gasteiger partial charge in [0.15, 0.2) is 16.6 Å². The van der Waals surface area contributed by atoms with Gasteiger partial charge in [-0.15, -0.1) is 0 Å². The Morgan fingerprint density at radius 1 is 0.389 bits per heavy atom. The van der Waals surface area contributed by atoms with Crippen molar-refractivity contribution in [2.24, 2.45) is 0 Å². The molecule has 0 fully saturated rings. The molecule has 0 unspecified atom stereocenters. The topological polar surface area (TPSA) is 55.4 Å². The summed E-state index contributed by atoms with van der Waals surface area (Å²) in [7, 11) is -3.57. The average Bonchev–Trinajstić information content (AvgIpc) is 2.96. The third kappa shape index (κ3) is 35.2. The zero-order valence-corrected chi connectivity index (χ0v) is 43.2. The molecule has 54 heavy (non-hydrogen) atoms. The van der Waals surface area contributed by atoms with Crippen LogP contribution >= 0.6 is 0 Å². The van der Waals surface area contributed by atoms with Crippen molar-refractivity contribution < 1.29 is 36.6 Å². The van der Waals surface area contributed by atoms with Gasteiger partial charge in [-0.25, -0.2) is 8.78 Å². The molecule has 10 heteroatoms. The van der Waals surface area contributed by atoms with E-state index >= 15 is 0 Å². The van der Waals surface area contributed by atoms with Crippen LogP contribution in [0.2, 0.25) is 36.3 Å². The van der Waals surface area contributed by atoms with Gasteiger partial charge in [-0.05, 0) is 145 Å². The van der Waals surface area contributed by atoms with Gasteiger partial charge in [0.2, 0.25) is 0 Å². The van der Waals surface area contributed by atoms with Crippen LogP contribution in [0.1, 0.15) is 178 Å². The predicted molar refractivity (Wildman–Crippen MR) is 238 cm³/mol. The second-order valence-corrected chi connectivity index (χ2v) is 31.0. The lowest BCUT2D eigenvalue weighted by molar-refractivity contribution is -0.0693. The van der Waals surface area contributed by atoms with Crippen molar-refractivity contribution in [1.29, 1.82) is 0 Å². The van der Waals surface area contributed by atoms with Crippen LogP contribution < -0.4 is 0 Å². The van der Waals surface area contributed by atoms with Crippen molar-refractivity contribution >= 4 is 16.6 Å². The first-order chi connectivity index (χ1) is 23.8. The molecule has 0 amide bonds. The van der Waals surface area contributed by atoms with E-state index in [2.05, 4.69) is 130 Å². The van der Waals surface area contributed by atoms with Crippen LogP contribution in [0.3, 0.4) is 0 Å². The average molecular weight is 817 g/mol. The Kier molecular flexibility index (Phi) is 29.5. The summed E-state index contributed by atoms with van der Waals surface area (Å²) in [5, 5.41) is 0.365. The fourth-order valence-corrected chi connectivity index (χ4v) is 6.64. The van der Waals surface area contributed by atoms with Crippen LogP contribution in [-0.4, -0.2) is 90.0 Å². The Labute approximate surface area is 339 Å². The van der Waals surface area contributed by atoms with Crippen molar-refractivity contribution in [3.8, 4) is 0 Å². The zero-order chi connectivity index (χ0) is 44.2. The number of rotatable bonds is 16.